The number of nitrogens with one attached hydrogen (secondary N) is 2. The third-order valence-electron chi connectivity index (χ3n) is 4.20. The molecule has 0 spiro atoms. The number of rotatable bonds is 8. The van der Waals surface area contributed by atoms with Crippen molar-refractivity contribution in [2.75, 3.05) is 5.32 Å². The molecular weight excluding hydrogens is 332 g/mol. The molecule has 2 aromatic rings. The van der Waals surface area contributed by atoms with Gasteiger partial charge in [-0.2, -0.15) is 4.98 Å². The summed E-state index contributed by atoms with van der Waals surface area (Å²) in [5.74, 6) is 1.50. The van der Waals surface area contributed by atoms with Crippen LogP contribution in [0.15, 0.2) is 28.8 Å². The van der Waals surface area contributed by atoms with Crippen molar-refractivity contribution in [3.63, 3.8) is 0 Å². The molecule has 0 unspecified atom stereocenters. The first-order valence-electron chi connectivity index (χ1n) is 9.00. The molecule has 3 rings (SSSR count). The average molecular weight is 356 g/mol. The van der Waals surface area contributed by atoms with Crippen molar-refractivity contribution in [1.82, 2.24) is 15.5 Å². The van der Waals surface area contributed by atoms with Gasteiger partial charge in [-0.3, -0.25) is 9.59 Å². The van der Waals surface area contributed by atoms with E-state index in [0.717, 1.165) is 24.1 Å². The van der Waals surface area contributed by atoms with Crippen molar-refractivity contribution in [2.45, 2.75) is 52.0 Å². The molecule has 138 valence electrons. The van der Waals surface area contributed by atoms with E-state index in [1.165, 1.54) is 0 Å². The Labute approximate surface area is 152 Å². The van der Waals surface area contributed by atoms with E-state index in [-0.39, 0.29) is 30.1 Å². The summed E-state index contributed by atoms with van der Waals surface area (Å²) in [6.07, 6.45) is 2.65. The number of hydrogen-bond acceptors (Lipinski definition) is 5. The molecule has 0 radical (unpaired) electrons. The van der Waals surface area contributed by atoms with Gasteiger partial charge in [0, 0.05) is 36.9 Å². The molecule has 1 aromatic heterocycles. The Kier molecular flexibility index (Phi) is 5.65. The highest BCUT2D eigenvalue weighted by Crippen LogP contribution is 2.30. The summed E-state index contributed by atoms with van der Waals surface area (Å²) in [5, 5.41) is 9.67. The van der Waals surface area contributed by atoms with E-state index in [1.807, 2.05) is 38.1 Å². The molecular formula is C19H24N4O3. The molecule has 1 fully saturated rings. The van der Waals surface area contributed by atoms with E-state index >= 15 is 0 Å². The average Bonchev–Trinajstić information content (AvgIpc) is 3.36. The van der Waals surface area contributed by atoms with Gasteiger partial charge >= 0.3 is 0 Å². The highest BCUT2D eigenvalue weighted by Gasteiger charge is 2.29. The third-order valence-corrected chi connectivity index (χ3v) is 4.20. The second kappa shape index (κ2) is 8.12. The third kappa shape index (κ3) is 5.15. The molecule has 0 bridgehead atoms. The van der Waals surface area contributed by atoms with Crippen LogP contribution in [-0.4, -0.2) is 22.0 Å². The van der Waals surface area contributed by atoms with Crippen molar-refractivity contribution in [1.29, 1.82) is 0 Å². The fourth-order valence-corrected chi connectivity index (χ4v) is 2.46. The molecule has 7 nitrogen and oxygen atoms in total. The van der Waals surface area contributed by atoms with Crippen molar-refractivity contribution < 1.29 is 14.1 Å². The Hall–Kier alpha value is -2.70. The van der Waals surface area contributed by atoms with Crippen LogP contribution in [0.25, 0.3) is 0 Å². The van der Waals surface area contributed by atoms with E-state index in [0.29, 0.717) is 24.7 Å². The second-order valence-corrected chi connectivity index (χ2v) is 6.94. The van der Waals surface area contributed by atoms with Crippen LogP contribution in [0.4, 0.5) is 5.69 Å². The van der Waals surface area contributed by atoms with E-state index in [4.69, 9.17) is 4.52 Å². The SMILES string of the molecule is CC(C)c1noc(CCC(=O)NCc2cccc(NC(=O)C3CC3)c2)n1. The number of anilines is 1. The number of amides is 2. The Bertz CT molecular complexity index is 781. The number of aryl methyl sites for hydroxylation is 1. The minimum absolute atomic E-state index is 0.0755. The number of carbonyl (C=O) groups is 2. The zero-order chi connectivity index (χ0) is 18.5. The van der Waals surface area contributed by atoms with Crippen LogP contribution in [-0.2, 0) is 22.6 Å². The quantitative estimate of drug-likeness (QED) is 0.758. The number of carbonyl (C=O) groups excluding carboxylic acids is 2. The van der Waals surface area contributed by atoms with E-state index in [2.05, 4.69) is 20.8 Å². The van der Waals surface area contributed by atoms with E-state index in [9.17, 15) is 9.59 Å². The summed E-state index contributed by atoms with van der Waals surface area (Å²) < 4.78 is 5.13. The summed E-state index contributed by atoms with van der Waals surface area (Å²) in [4.78, 5) is 28.1. The van der Waals surface area contributed by atoms with Crippen LogP contribution in [0.5, 0.6) is 0 Å². The number of nitrogens with zero attached hydrogens (tertiary/aromatic N) is 2. The predicted molar refractivity (Wildman–Crippen MR) is 96.4 cm³/mol. The molecule has 1 aromatic carbocycles. The van der Waals surface area contributed by atoms with Crippen molar-refractivity contribution in [2.24, 2.45) is 5.92 Å². The zero-order valence-corrected chi connectivity index (χ0v) is 15.1. The molecule has 2 amide bonds. The summed E-state index contributed by atoms with van der Waals surface area (Å²) in [5.41, 5.74) is 1.70. The first-order chi connectivity index (χ1) is 12.5. The van der Waals surface area contributed by atoms with Crippen LogP contribution >= 0.6 is 0 Å². The minimum Gasteiger partial charge on any atom is -0.352 e. The molecule has 2 N–H and O–H groups in total. The lowest BCUT2D eigenvalue weighted by atomic mass is 10.2. The maximum atomic E-state index is 12.0. The van der Waals surface area contributed by atoms with Gasteiger partial charge in [-0.1, -0.05) is 31.1 Å². The number of benzene rings is 1. The number of hydrogen-bond donors (Lipinski definition) is 2. The summed E-state index contributed by atoms with van der Waals surface area (Å²) in [6, 6.07) is 7.52. The smallest absolute Gasteiger partial charge is 0.227 e. The van der Waals surface area contributed by atoms with Crippen LogP contribution in [0.2, 0.25) is 0 Å². The highest BCUT2D eigenvalue weighted by atomic mass is 16.5. The van der Waals surface area contributed by atoms with Crippen LogP contribution in [0.3, 0.4) is 0 Å². The molecule has 26 heavy (non-hydrogen) atoms. The van der Waals surface area contributed by atoms with Crippen molar-refractivity contribution >= 4 is 17.5 Å². The van der Waals surface area contributed by atoms with Gasteiger partial charge in [0.05, 0.1) is 0 Å². The standard InChI is InChI=1S/C19H24N4O3/c1-12(2)18-22-17(26-23-18)9-8-16(24)20-11-13-4-3-5-15(10-13)21-19(25)14-6-7-14/h3-5,10,12,14H,6-9,11H2,1-2H3,(H,20,24)(H,21,25). The Morgan fingerprint density at radius 3 is 2.81 bits per heavy atom. The predicted octanol–water partition coefficient (Wildman–Crippen LogP) is 2.79. The first-order valence-corrected chi connectivity index (χ1v) is 9.00. The van der Waals surface area contributed by atoms with Crippen LogP contribution in [0, 0.1) is 5.92 Å². The second-order valence-electron chi connectivity index (χ2n) is 6.94. The first kappa shape index (κ1) is 18.1. The molecule has 1 aliphatic carbocycles. The van der Waals surface area contributed by atoms with Gasteiger partial charge in [0.25, 0.3) is 0 Å². The summed E-state index contributed by atoms with van der Waals surface area (Å²) >= 11 is 0. The van der Waals surface area contributed by atoms with Crippen molar-refractivity contribution in [3.8, 4) is 0 Å². The van der Waals surface area contributed by atoms with E-state index in [1.54, 1.807) is 0 Å². The zero-order valence-electron chi connectivity index (χ0n) is 15.1. The molecule has 1 heterocycles. The molecule has 0 aliphatic heterocycles. The van der Waals surface area contributed by atoms with Crippen molar-refractivity contribution in [3.05, 3.63) is 41.5 Å². The lowest BCUT2D eigenvalue weighted by Crippen LogP contribution is -2.23. The van der Waals surface area contributed by atoms with Crippen LogP contribution in [0.1, 0.15) is 56.3 Å². The summed E-state index contributed by atoms with van der Waals surface area (Å²) in [7, 11) is 0. The fourth-order valence-electron chi connectivity index (χ4n) is 2.46. The van der Waals surface area contributed by atoms with Gasteiger partial charge in [0.15, 0.2) is 5.82 Å². The summed E-state index contributed by atoms with van der Waals surface area (Å²) in [6.45, 7) is 4.39. The highest BCUT2D eigenvalue weighted by molar-refractivity contribution is 5.94. The van der Waals surface area contributed by atoms with Gasteiger partial charge in [0.2, 0.25) is 17.7 Å². The maximum Gasteiger partial charge on any atom is 0.227 e. The van der Waals surface area contributed by atoms with Gasteiger partial charge < -0.3 is 15.2 Å². The van der Waals surface area contributed by atoms with Crippen LogP contribution < -0.4 is 10.6 Å². The van der Waals surface area contributed by atoms with E-state index < -0.39 is 0 Å². The van der Waals surface area contributed by atoms with Gasteiger partial charge in [-0.25, -0.2) is 0 Å². The van der Waals surface area contributed by atoms with Gasteiger partial charge in [0.1, 0.15) is 0 Å². The normalized spacial score (nSPS) is 13.7. The Morgan fingerprint density at radius 2 is 2.12 bits per heavy atom. The minimum atomic E-state index is -0.0817. The lowest BCUT2D eigenvalue weighted by Gasteiger charge is -2.08. The molecule has 1 saturated carbocycles. The Morgan fingerprint density at radius 1 is 1.31 bits per heavy atom. The largest absolute Gasteiger partial charge is 0.352 e. The van der Waals surface area contributed by atoms with Gasteiger partial charge in [-0.05, 0) is 30.5 Å². The Balaban J connectivity index is 1.44. The molecule has 1 aliphatic rings. The topological polar surface area (TPSA) is 97.1 Å². The molecule has 0 saturated heterocycles. The van der Waals surface area contributed by atoms with Gasteiger partial charge in [-0.15, -0.1) is 0 Å². The molecule has 7 heteroatoms. The monoisotopic (exact) mass is 356 g/mol. The number of aromatic nitrogens is 2. The fraction of sp³-hybridized carbons (Fsp3) is 0.474. The lowest BCUT2D eigenvalue weighted by molar-refractivity contribution is -0.121. The molecule has 0 atom stereocenters. The maximum absolute atomic E-state index is 12.0.